The van der Waals surface area contributed by atoms with E-state index < -0.39 is 5.82 Å². The van der Waals surface area contributed by atoms with Gasteiger partial charge in [0.2, 0.25) is 0 Å². The molecule has 0 saturated carbocycles. The SMILES string of the molecule is C#C.Fc1ccc(F)c(-c2ccc3c(c2)CCNCC3)c1. The largest absolute Gasteiger partial charge is 0.316 e. The van der Waals surface area contributed by atoms with E-state index in [0.717, 1.165) is 37.6 Å². The van der Waals surface area contributed by atoms with Crippen LogP contribution in [0.2, 0.25) is 0 Å². The van der Waals surface area contributed by atoms with Crippen LogP contribution in [0, 0.1) is 24.5 Å². The highest BCUT2D eigenvalue weighted by Crippen LogP contribution is 2.27. The van der Waals surface area contributed by atoms with Gasteiger partial charge in [0.15, 0.2) is 0 Å². The summed E-state index contributed by atoms with van der Waals surface area (Å²) in [5.74, 6) is -0.791. The van der Waals surface area contributed by atoms with Crippen molar-refractivity contribution in [3.63, 3.8) is 0 Å². The zero-order valence-electron chi connectivity index (χ0n) is 11.7. The van der Waals surface area contributed by atoms with E-state index in [1.165, 1.54) is 23.3 Å². The van der Waals surface area contributed by atoms with Gasteiger partial charge in [-0.3, -0.25) is 0 Å². The van der Waals surface area contributed by atoms with Crippen LogP contribution in [0.3, 0.4) is 0 Å². The van der Waals surface area contributed by atoms with Gasteiger partial charge < -0.3 is 5.32 Å². The molecule has 0 radical (unpaired) electrons. The summed E-state index contributed by atoms with van der Waals surface area (Å²) >= 11 is 0. The fourth-order valence-electron chi connectivity index (χ4n) is 2.56. The van der Waals surface area contributed by atoms with Crippen LogP contribution in [0.4, 0.5) is 8.78 Å². The lowest BCUT2D eigenvalue weighted by Crippen LogP contribution is -2.16. The van der Waals surface area contributed by atoms with E-state index in [1.54, 1.807) is 0 Å². The molecule has 0 fully saturated rings. The van der Waals surface area contributed by atoms with Crippen LogP contribution in [0.5, 0.6) is 0 Å². The van der Waals surface area contributed by atoms with E-state index in [4.69, 9.17) is 0 Å². The average molecular weight is 285 g/mol. The number of halogens is 2. The van der Waals surface area contributed by atoms with E-state index in [-0.39, 0.29) is 5.82 Å². The Morgan fingerprint density at radius 3 is 2.33 bits per heavy atom. The fraction of sp³-hybridized carbons (Fsp3) is 0.222. The topological polar surface area (TPSA) is 12.0 Å². The highest BCUT2D eigenvalue weighted by Gasteiger charge is 2.11. The van der Waals surface area contributed by atoms with Crippen molar-refractivity contribution in [3.05, 3.63) is 59.2 Å². The van der Waals surface area contributed by atoms with Gasteiger partial charge >= 0.3 is 0 Å². The van der Waals surface area contributed by atoms with Gasteiger partial charge in [-0.2, -0.15) is 0 Å². The predicted molar refractivity (Wildman–Crippen MR) is 82.0 cm³/mol. The molecule has 1 nitrogen and oxygen atoms in total. The minimum absolute atomic E-state index is 0.333. The number of hydrogen-bond donors (Lipinski definition) is 1. The first-order valence-electron chi connectivity index (χ1n) is 6.85. The molecule has 3 heteroatoms. The molecule has 0 saturated heterocycles. The maximum atomic E-state index is 13.8. The number of nitrogens with one attached hydrogen (secondary N) is 1. The van der Waals surface area contributed by atoms with Crippen LogP contribution in [0.15, 0.2) is 36.4 Å². The van der Waals surface area contributed by atoms with Crippen molar-refractivity contribution in [1.82, 2.24) is 5.32 Å². The highest BCUT2D eigenvalue weighted by atomic mass is 19.1. The summed E-state index contributed by atoms with van der Waals surface area (Å²) in [5, 5.41) is 3.34. The second-order valence-corrected chi connectivity index (χ2v) is 4.86. The Balaban J connectivity index is 0.000000774. The lowest BCUT2D eigenvalue weighted by Gasteiger charge is -2.09. The first kappa shape index (κ1) is 15.2. The second-order valence-electron chi connectivity index (χ2n) is 4.86. The van der Waals surface area contributed by atoms with Gasteiger partial charge in [0.25, 0.3) is 0 Å². The minimum Gasteiger partial charge on any atom is -0.316 e. The highest BCUT2D eigenvalue weighted by molar-refractivity contribution is 5.65. The van der Waals surface area contributed by atoms with E-state index in [2.05, 4.69) is 18.2 Å². The Morgan fingerprint density at radius 1 is 0.857 bits per heavy atom. The molecular weight excluding hydrogens is 268 g/mol. The molecule has 2 aromatic rings. The smallest absolute Gasteiger partial charge is 0.131 e. The Morgan fingerprint density at radius 2 is 1.57 bits per heavy atom. The van der Waals surface area contributed by atoms with Crippen molar-refractivity contribution in [2.45, 2.75) is 12.8 Å². The molecule has 3 rings (SSSR count). The molecule has 1 heterocycles. The Bertz CT molecular complexity index is 647. The quantitative estimate of drug-likeness (QED) is 0.790. The normalized spacial score (nSPS) is 13.5. The van der Waals surface area contributed by atoms with E-state index >= 15 is 0 Å². The summed E-state index contributed by atoms with van der Waals surface area (Å²) in [5.41, 5.74) is 3.61. The maximum Gasteiger partial charge on any atom is 0.131 e. The summed E-state index contributed by atoms with van der Waals surface area (Å²) in [6.07, 6.45) is 9.92. The van der Waals surface area contributed by atoms with Crippen LogP contribution in [-0.2, 0) is 12.8 Å². The molecule has 2 aromatic carbocycles. The zero-order chi connectivity index (χ0) is 15.2. The van der Waals surface area contributed by atoms with Crippen molar-refractivity contribution in [1.29, 1.82) is 0 Å². The van der Waals surface area contributed by atoms with Crippen LogP contribution in [0.25, 0.3) is 11.1 Å². The summed E-state index contributed by atoms with van der Waals surface area (Å²) in [6, 6.07) is 9.47. The molecule has 21 heavy (non-hydrogen) atoms. The lowest BCUT2D eigenvalue weighted by molar-refractivity contribution is 0.603. The molecule has 1 aliphatic rings. The molecule has 1 N–H and O–H groups in total. The van der Waals surface area contributed by atoms with Crippen LogP contribution >= 0.6 is 0 Å². The lowest BCUT2D eigenvalue weighted by atomic mass is 9.96. The van der Waals surface area contributed by atoms with Crippen LogP contribution < -0.4 is 5.32 Å². The molecule has 0 aromatic heterocycles. The maximum absolute atomic E-state index is 13.8. The van der Waals surface area contributed by atoms with Crippen molar-refractivity contribution in [2.75, 3.05) is 13.1 Å². The molecule has 1 aliphatic heterocycles. The molecule has 0 aliphatic carbocycles. The Hall–Kier alpha value is -2.18. The number of terminal acetylenes is 1. The molecule has 108 valence electrons. The molecule has 0 bridgehead atoms. The Labute approximate surface area is 124 Å². The van der Waals surface area contributed by atoms with Gasteiger partial charge in [-0.05, 0) is 60.8 Å². The molecule has 0 unspecified atom stereocenters. The van der Waals surface area contributed by atoms with Gasteiger partial charge in [-0.15, -0.1) is 12.8 Å². The summed E-state index contributed by atoms with van der Waals surface area (Å²) < 4.78 is 27.0. The van der Waals surface area contributed by atoms with Crippen LogP contribution in [-0.4, -0.2) is 13.1 Å². The summed E-state index contributed by atoms with van der Waals surface area (Å²) in [7, 11) is 0. The molecule has 0 amide bonds. The van der Waals surface area contributed by atoms with Gasteiger partial charge in [0.05, 0.1) is 0 Å². The zero-order valence-corrected chi connectivity index (χ0v) is 11.7. The molecule has 0 atom stereocenters. The second kappa shape index (κ2) is 7.01. The van der Waals surface area contributed by atoms with Gasteiger partial charge in [-0.1, -0.05) is 18.2 Å². The van der Waals surface area contributed by atoms with Crippen molar-refractivity contribution >= 4 is 0 Å². The number of fused-ring (bicyclic) bond motifs is 1. The number of rotatable bonds is 1. The van der Waals surface area contributed by atoms with Crippen molar-refractivity contribution in [2.24, 2.45) is 0 Å². The third-order valence-corrected chi connectivity index (χ3v) is 3.59. The summed E-state index contributed by atoms with van der Waals surface area (Å²) in [6.45, 7) is 1.91. The third-order valence-electron chi connectivity index (χ3n) is 3.59. The van der Waals surface area contributed by atoms with Crippen molar-refractivity contribution < 1.29 is 8.78 Å². The molecular formula is C18H17F2N. The van der Waals surface area contributed by atoms with Gasteiger partial charge in [-0.25, -0.2) is 8.78 Å². The van der Waals surface area contributed by atoms with Crippen molar-refractivity contribution in [3.8, 4) is 24.0 Å². The van der Waals surface area contributed by atoms with Crippen LogP contribution in [0.1, 0.15) is 11.1 Å². The van der Waals surface area contributed by atoms with E-state index in [1.807, 2.05) is 18.2 Å². The predicted octanol–water partition coefficient (Wildman–Crippen LogP) is 3.57. The fourth-order valence-corrected chi connectivity index (χ4v) is 2.56. The number of hydrogen-bond acceptors (Lipinski definition) is 1. The first-order valence-corrected chi connectivity index (χ1v) is 6.85. The van der Waals surface area contributed by atoms with E-state index in [0.29, 0.717) is 5.56 Å². The monoisotopic (exact) mass is 285 g/mol. The number of benzene rings is 2. The van der Waals surface area contributed by atoms with E-state index in [9.17, 15) is 8.78 Å². The van der Waals surface area contributed by atoms with Gasteiger partial charge in [0.1, 0.15) is 11.6 Å². The first-order chi connectivity index (χ1) is 10.2. The van der Waals surface area contributed by atoms with Gasteiger partial charge in [0, 0.05) is 5.56 Å². The Kier molecular flexibility index (Phi) is 5.08. The average Bonchev–Trinajstić information content (AvgIpc) is 2.76. The standard InChI is InChI=1S/C16H15F2N.C2H2/c17-14-3-4-16(18)15(10-14)13-2-1-11-5-7-19-8-6-12(11)9-13;1-2/h1-4,9-10,19H,5-8H2;1-2H. The molecule has 0 spiro atoms. The minimum atomic E-state index is -0.409. The summed E-state index contributed by atoms with van der Waals surface area (Å²) in [4.78, 5) is 0. The third kappa shape index (κ3) is 3.48.